The zero-order valence-electron chi connectivity index (χ0n) is 18.7. The first-order chi connectivity index (χ1) is 16.0. The molecule has 0 bridgehead atoms. The van der Waals surface area contributed by atoms with Crippen molar-refractivity contribution in [3.05, 3.63) is 6.33 Å². The van der Waals surface area contributed by atoms with Gasteiger partial charge >= 0.3 is 23.9 Å². The molecule has 3 rings (SSSR count). The summed E-state index contributed by atoms with van der Waals surface area (Å²) in [5.41, 5.74) is 5.49. The summed E-state index contributed by atoms with van der Waals surface area (Å²) < 4.78 is 27.2. The van der Waals surface area contributed by atoms with E-state index in [0.717, 1.165) is 32.5 Å². The predicted molar refractivity (Wildman–Crippen MR) is 114 cm³/mol. The Morgan fingerprint density at radius 3 is 2.18 bits per heavy atom. The lowest BCUT2D eigenvalue weighted by atomic mass is 9.99. The van der Waals surface area contributed by atoms with Crippen LogP contribution < -0.4 is 5.73 Å². The average molecular weight is 497 g/mol. The Hall–Kier alpha value is -3.46. The van der Waals surface area contributed by atoms with E-state index in [1.807, 2.05) is 0 Å². The lowest BCUT2D eigenvalue weighted by Gasteiger charge is -2.43. The Morgan fingerprint density at radius 2 is 1.59 bits per heavy atom. The molecule has 0 radical (unpaired) electrons. The summed E-state index contributed by atoms with van der Waals surface area (Å²) >= 11 is 0.977. The zero-order valence-corrected chi connectivity index (χ0v) is 19.5. The number of rotatable bonds is 7. The third-order valence-corrected chi connectivity index (χ3v) is 5.50. The summed E-state index contributed by atoms with van der Waals surface area (Å²) in [7, 11) is 0. The molecule has 0 unspecified atom stereocenters. The van der Waals surface area contributed by atoms with E-state index in [1.54, 1.807) is 0 Å². The van der Waals surface area contributed by atoms with Gasteiger partial charge in [0.1, 0.15) is 24.6 Å². The molecule has 2 aromatic rings. The van der Waals surface area contributed by atoms with E-state index in [9.17, 15) is 19.2 Å². The van der Waals surface area contributed by atoms with E-state index in [2.05, 4.69) is 19.9 Å². The highest BCUT2D eigenvalue weighted by molar-refractivity contribution is 7.99. The van der Waals surface area contributed by atoms with Gasteiger partial charge in [0.2, 0.25) is 0 Å². The molecule has 5 atom stereocenters. The number of carbonyl (C=O) groups excluding carboxylic acids is 4. The van der Waals surface area contributed by atoms with Crippen molar-refractivity contribution < 1.29 is 42.9 Å². The Bertz CT molecular complexity index is 1090. The number of ether oxygens (including phenoxy) is 5. The van der Waals surface area contributed by atoms with E-state index in [-0.39, 0.29) is 17.6 Å². The van der Waals surface area contributed by atoms with Crippen LogP contribution in [0.5, 0.6) is 0 Å². The van der Waals surface area contributed by atoms with Gasteiger partial charge in [-0.15, -0.1) is 0 Å². The molecule has 34 heavy (non-hydrogen) atoms. The molecule has 3 N–H and O–H groups in total. The molecule has 1 aliphatic heterocycles. The number of H-pyrrole nitrogens is 1. The second-order valence-corrected chi connectivity index (χ2v) is 8.27. The summed E-state index contributed by atoms with van der Waals surface area (Å²) in [4.78, 5) is 62.1. The number of nitrogens with two attached hydrogens (primary N) is 1. The molecular weight excluding hydrogens is 474 g/mol. The van der Waals surface area contributed by atoms with Crippen LogP contribution in [0, 0.1) is 0 Å². The van der Waals surface area contributed by atoms with Crippen LogP contribution >= 0.6 is 11.8 Å². The smallest absolute Gasteiger partial charge is 0.303 e. The minimum absolute atomic E-state index is 0.172. The quantitative estimate of drug-likeness (QED) is 0.386. The minimum atomic E-state index is -1.27. The number of nitrogens with zero attached hydrogens (tertiary/aromatic N) is 3. The van der Waals surface area contributed by atoms with Crippen molar-refractivity contribution in [2.24, 2.45) is 0 Å². The third kappa shape index (κ3) is 6.11. The molecule has 1 fully saturated rings. The van der Waals surface area contributed by atoms with Crippen LogP contribution in [-0.2, 0) is 42.9 Å². The lowest BCUT2D eigenvalue weighted by molar-refractivity contribution is -0.237. The molecule has 184 valence electrons. The van der Waals surface area contributed by atoms with Gasteiger partial charge in [-0.1, -0.05) is 11.8 Å². The summed E-state index contributed by atoms with van der Waals surface area (Å²) in [5.74, 6) is -2.56. The summed E-state index contributed by atoms with van der Waals surface area (Å²) in [5, 5.41) is 0.281. The van der Waals surface area contributed by atoms with Crippen LogP contribution in [0.1, 0.15) is 27.7 Å². The van der Waals surface area contributed by atoms with E-state index in [0.29, 0.717) is 11.2 Å². The van der Waals surface area contributed by atoms with Crippen LogP contribution in [0.15, 0.2) is 11.5 Å². The number of aromatic amines is 1. The molecule has 2 aromatic heterocycles. The van der Waals surface area contributed by atoms with Crippen LogP contribution in [-0.4, -0.2) is 80.3 Å². The molecule has 14 nitrogen and oxygen atoms in total. The van der Waals surface area contributed by atoms with E-state index in [1.165, 1.54) is 13.3 Å². The monoisotopic (exact) mass is 497 g/mol. The highest BCUT2D eigenvalue weighted by Gasteiger charge is 2.52. The summed E-state index contributed by atoms with van der Waals surface area (Å²) in [6, 6.07) is 0. The van der Waals surface area contributed by atoms with Gasteiger partial charge in [-0.05, 0) is 0 Å². The lowest BCUT2D eigenvalue weighted by Crippen LogP contribution is -2.61. The molecule has 1 saturated heterocycles. The molecule has 3 heterocycles. The van der Waals surface area contributed by atoms with Crippen molar-refractivity contribution >= 4 is 52.6 Å². The van der Waals surface area contributed by atoms with Crippen LogP contribution in [0.2, 0.25) is 0 Å². The SMILES string of the molecule is CC(=O)OC[C@H]1O[C@@H](Sc2nc3ncnc(N)c3[nH]2)[C@@H](OC(C)=O)[C@@H](OC(C)=O)[C@H]1OC(C)=O. The van der Waals surface area contributed by atoms with E-state index < -0.39 is 53.7 Å². The van der Waals surface area contributed by atoms with Crippen molar-refractivity contribution in [3.8, 4) is 0 Å². The number of nitrogens with one attached hydrogen (secondary N) is 1. The van der Waals surface area contributed by atoms with Gasteiger partial charge < -0.3 is 34.4 Å². The van der Waals surface area contributed by atoms with Gasteiger partial charge in [0, 0.05) is 27.7 Å². The molecule has 0 spiro atoms. The van der Waals surface area contributed by atoms with E-state index in [4.69, 9.17) is 29.4 Å². The van der Waals surface area contributed by atoms with Gasteiger partial charge in [-0.3, -0.25) is 19.2 Å². The summed E-state index contributed by atoms with van der Waals surface area (Å²) in [6.07, 6.45) is -3.54. The van der Waals surface area contributed by atoms with Crippen LogP contribution in [0.4, 0.5) is 5.82 Å². The number of anilines is 1. The van der Waals surface area contributed by atoms with Gasteiger partial charge in [0.25, 0.3) is 0 Å². The van der Waals surface area contributed by atoms with Crippen molar-refractivity contribution in [2.45, 2.75) is 62.7 Å². The van der Waals surface area contributed by atoms with Gasteiger partial charge in [0.05, 0.1) is 0 Å². The maximum Gasteiger partial charge on any atom is 0.303 e. The topological polar surface area (TPSA) is 195 Å². The molecule has 1 aliphatic rings. The van der Waals surface area contributed by atoms with Crippen molar-refractivity contribution in [1.29, 1.82) is 0 Å². The fourth-order valence-corrected chi connectivity index (χ4v) is 4.34. The number of imidazole rings is 1. The first-order valence-electron chi connectivity index (χ1n) is 9.98. The van der Waals surface area contributed by atoms with Gasteiger partial charge in [-0.2, -0.15) is 0 Å². The van der Waals surface area contributed by atoms with Crippen LogP contribution in [0.3, 0.4) is 0 Å². The fraction of sp³-hybridized carbons (Fsp3) is 0.526. The van der Waals surface area contributed by atoms with Gasteiger partial charge in [-0.25, -0.2) is 15.0 Å². The Morgan fingerprint density at radius 1 is 0.971 bits per heavy atom. The predicted octanol–water partition coefficient (Wildman–Crippen LogP) is 0.110. The summed E-state index contributed by atoms with van der Waals surface area (Å²) in [6.45, 7) is 4.33. The Balaban J connectivity index is 2.00. The number of thioether (sulfide) groups is 1. The fourth-order valence-electron chi connectivity index (χ4n) is 3.27. The Labute approximate surface area is 197 Å². The molecule has 0 amide bonds. The van der Waals surface area contributed by atoms with Gasteiger partial charge in [0.15, 0.2) is 40.4 Å². The number of aromatic nitrogens is 4. The number of esters is 4. The highest BCUT2D eigenvalue weighted by Crippen LogP contribution is 2.37. The third-order valence-electron chi connectivity index (χ3n) is 4.47. The molecule has 15 heteroatoms. The number of fused-ring (bicyclic) bond motifs is 1. The second kappa shape index (κ2) is 10.6. The van der Waals surface area contributed by atoms with E-state index >= 15 is 0 Å². The van der Waals surface area contributed by atoms with Crippen LogP contribution in [0.25, 0.3) is 11.2 Å². The number of hydrogen-bond donors (Lipinski definition) is 2. The second-order valence-electron chi connectivity index (χ2n) is 7.18. The van der Waals surface area contributed by atoms with Crippen molar-refractivity contribution in [2.75, 3.05) is 12.3 Å². The van der Waals surface area contributed by atoms with Crippen molar-refractivity contribution in [1.82, 2.24) is 19.9 Å². The number of hydrogen-bond acceptors (Lipinski definition) is 14. The van der Waals surface area contributed by atoms with Crippen molar-refractivity contribution in [3.63, 3.8) is 0 Å². The Kier molecular flexibility index (Phi) is 7.88. The minimum Gasteiger partial charge on any atom is -0.463 e. The highest BCUT2D eigenvalue weighted by atomic mass is 32.2. The largest absolute Gasteiger partial charge is 0.463 e. The maximum atomic E-state index is 11.9. The molecule has 0 aliphatic carbocycles. The molecule has 0 saturated carbocycles. The number of nitrogen functional groups attached to an aromatic ring is 1. The zero-order chi connectivity index (χ0) is 25.0. The molecule has 0 aromatic carbocycles. The number of carbonyl (C=O) groups is 4. The standard InChI is InChI=1S/C19H23N5O9S/c1-7(25)29-5-11-13(30-8(2)26)14(31-9(3)27)15(32-10(4)28)18(33-11)34-19-23-12-16(20)21-6-22-17(12)24-19/h6,11,13-15,18H,5H2,1-4H3,(H3,20,21,22,23,24)/t11-,13+,14+,15+,18+/m1/s1. The molecular formula is C19H23N5O9S. The first kappa shape index (κ1) is 25.2. The average Bonchev–Trinajstić information content (AvgIpc) is 3.14. The normalized spacial score (nSPS) is 24.3. The first-order valence-corrected chi connectivity index (χ1v) is 10.9. The maximum absolute atomic E-state index is 11.9.